The Morgan fingerprint density at radius 3 is 2.50 bits per heavy atom. The fourth-order valence-corrected chi connectivity index (χ4v) is 2.08. The third-order valence-electron chi connectivity index (χ3n) is 3.11. The van der Waals surface area contributed by atoms with Gasteiger partial charge in [0.1, 0.15) is 5.75 Å². The minimum absolute atomic E-state index is 0.490. The Bertz CT molecular complexity index is 513. The summed E-state index contributed by atoms with van der Waals surface area (Å²) in [6.07, 6.45) is -0.490. The molecule has 2 aromatic rings. The summed E-state index contributed by atoms with van der Waals surface area (Å²) in [5.74, 6) is 0.900. The molecule has 0 fully saturated rings. The molecule has 0 radical (unpaired) electrons. The van der Waals surface area contributed by atoms with Crippen LogP contribution in [0.5, 0.6) is 5.75 Å². The fraction of sp³-hybridized carbons (Fsp3) is 0.294. The summed E-state index contributed by atoms with van der Waals surface area (Å²) in [6.45, 7) is 3.83. The first kappa shape index (κ1) is 14.6. The summed E-state index contributed by atoms with van der Waals surface area (Å²) in [5.41, 5.74) is 2.03. The van der Waals surface area contributed by atoms with Gasteiger partial charge in [-0.05, 0) is 18.6 Å². The van der Waals surface area contributed by atoms with Gasteiger partial charge in [-0.15, -0.1) is 0 Å². The molecule has 1 atom stereocenters. The van der Waals surface area contributed by atoms with Crippen LogP contribution in [0.2, 0.25) is 0 Å². The maximum Gasteiger partial charge on any atom is 0.123 e. The summed E-state index contributed by atoms with van der Waals surface area (Å²) >= 11 is 0. The van der Waals surface area contributed by atoms with E-state index < -0.39 is 6.10 Å². The lowest BCUT2D eigenvalue weighted by atomic mass is 10.1. The van der Waals surface area contributed by atoms with Crippen molar-refractivity contribution in [3.05, 3.63) is 65.7 Å². The summed E-state index contributed by atoms with van der Waals surface area (Å²) < 4.78 is 5.58. The van der Waals surface area contributed by atoms with E-state index in [2.05, 4.69) is 5.32 Å². The average molecular weight is 271 g/mol. The van der Waals surface area contributed by atoms with Gasteiger partial charge in [0, 0.05) is 18.7 Å². The molecular formula is C17H21NO2. The maximum atomic E-state index is 10.1. The van der Waals surface area contributed by atoms with Crippen molar-refractivity contribution in [1.82, 2.24) is 5.32 Å². The lowest BCUT2D eigenvalue weighted by Crippen LogP contribution is -2.21. The Balaban J connectivity index is 1.87. The molecule has 0 amide bonds. The molecule has 0 aliphatic carbocycles. The van der Waals surface area contributed by atoms with Gasteiger partial charge in [-0.1, -0.05) is 48.5 Å². The van der Waals surface area contributed by atoms with E-state index in [0.29, 0.717) is 19.7 Å². The minimum atomic E-state index is -0.490. The van der Waals surface area contributed by atoms with Gasteiger partial charge >= 0.3 is 0 Å². The van der Waals surface area contributed by atoms with Crippen LogP contribution in [0.15, 0.2) is 54.6 Å². The number of hydrogen-bond donors (Lipinski definition) is 2. The van der Waals surface area contributed by atoms with Crippen LogP contribution in [0.3, 0.4) is 0 Å². The number of para-hydroxylation sites is 1. The van der Waals surface area contributed by atoms with Crippen LogP contribution in [0.4, 0.5) is 0 Å². The molecule has 3 nitrogen and oxygen atoms in total. The molecule has 20 heavy (non-hydrogen) atoms. The Hall–Kier alpha value is -1.84. The van der Waals surface area contributed by atoms with Crippen molar-refractivity contribution in [3.63, 3.8) is 0 Å². The average Bonchev–Trinajstić information content (AvgIpc) is 2.50. The van der Waals surface area contributed by atoms with Gasteiger partial charge in [-0.3, -0.25) is 0 Å². The first-order valence-electron chi connectivity index (χ1n) is 6.95. The zero-order chi connectivity index (χ0) is 14.2. The van der Waals surface area contributed by atoms with Crippen LogP contribution in [0, 0.1) is 0 Å². The fourth-order valence-electron chi connectivity index (χ4n) is 2.08. The summed E-state index contributed by atoms with van der Waals surface area (Å²) in [5, 5.41) is 13.3. The summed E-state index contributed by atoms with van der Waals surface area (Å²) in [4.78, 5) is 0. The zero-order valence-corrected chi connectivity index (χ0v) is 11.8. The molecule has 0 aliphatic heterocycles. The zero-order valence-electron chi connectivity index (χ0n) is 11.8. The van der Waals surface area contributed by atoms with Gasteiger partial charge in [0.25, 0.3) is 0 Å². The maximum absolute atomic E-state index is 10.1. The van der Waals surface area contributed by atoms with E-state index in [1.54, 1.807) is 0 Å². The molecular weight excluding hydrogens is 250 g/mol. The lowest BCUT2D eigenvalue weighted by Gasteiger charge is -2.14. The third kappa shape index (κ3) is 4.08. The van der Waals surface area contributed by atoms with E-state index >= 15 is 0 Å². The molecule has 0 unspecified atom stereocenters. The summed E-state index contributed by atoms with van der Waals surface area (Å²) in [6, 6.07) is 17.6. The number of aliphatic hydroxyl groups is 1. The quantitative estimate of drug-likeness (QED) is 0.813. The van der Waals surface area contributed by atoms with Gasteiger partial charge in [0.2, 0.25) is 0 Å². The van der Waals surface area contributed by atoms with Gasteiger partial charge in [0.05, 0.1) is 12.7 Å². The predicted octanol–water partition coefficient (Wildman–Crippen LogP) is 2.91. The van der Waals surface area contributed by atoms with E-state index in [4.69, 9.17) is 4.74 Å². The molecule has 2 N–H and O–H groups in total. The lowest BCUT2D eigenvalue weighted by molar-refractivity contribution is 0.174. The van der Waals surface area contributed by atoms with Crippen molar-refractivity contribution in [2.75, 3.05) is 13.2 Å². The van der Waals surface area contributed by atoms with Crippen molar-refractivity contribution in [2.24, 2.45) is 0 Å². The molecule has 0 aromatic heterocycles. The largest absolute Gasteiger partial charge is 0.494 e. The van der Waals surface area contributed by atoms with Crippen LogP contribution in [0.25, 0.3) is 0 Å². The second-order valence-corrected chi connectivity index (χ2v) is 4.60. The number of benzene rings is 2. The van der Waals surface area contributed by atoms with Gasteiger partial charge in [-0.25, -0.2) is 0 Å². The summed E-state index contributed by atoms with van der Waals surface area (Å²) in [7, 11) is 0. The van der Waals surface area contributed by atoms with Crippen LogP contribution in [0.1, 0.15) is 24.2 Å². The Morgan fingerprint density at radius 2 is 1.75 bits per heavy atom. The second kappa shape index (κ2) is 7.68. The monoisotopic (exact) mass is 271 g/mol. The molecule has 106 valence electrons. The molecule has 3 heteroatoms. The first-order chi connectivity index (χ1) is 9.81. The van der Waals surface area contributed by atoms with Crippen molar-refractivity contribution >= 4 is 0 Å². The number of rotatable bonds is 7. The molecule has 2 aromatic carbocycles. The first-order valence-corrected chi connectivity index (χ1v) is 6.95. The van der Waals surface area contributed by atoms with E-state index in [1.165, 1.54) is 0 Å². The number of ether oxygens (including phenoxy) is 1. The predicted molar refractivity (Wildman–Crippen MR) is 80.7 cm³/mol. The molecule has 2 rings (SSSR count). The minimum Gasteiger partial charge on any atom is -0.494 e. The number of nitrogens with one attached hydrogen (secondary N) is 1. The SMILES string of the molecule is CCOc1ccccc1CNC[C@@H](O)c1ccccc1. The van der Waals surface area contributed by atoms with Crippen molar-refractivity contribution < 1.29 is 9.84 Å². The van der Waals surface area contributed by atoms with Crippen LogP contribution >= 0.6 is 0 Å². The van der Waals surface area contributed by atoms with E-state index in [1.807, 2.05) is 61.5 Å². The van der Waals surface area contributed by atoms with Crippen molar-refractivity contribution in [1.29, 1.82) is 0 Å². The molecule has 0 saturated carbocycles. The molecule has 0 heterocycles. The third-order valence-corrected chi connectivity index (χ3v) is 3.11. The molecule has 0 spiro atoms. The van der Waals surface area contributed by atoms with E-state index in [-0.39, 0.29) is 0 Å². The highest BCUT2D eigenvalue weighted by atomic mass is 16.5. The second-order valence-electron chi connectivity index (χ2n) is 4.60. The van der Waals surface area contributed by atoms with Crippen LogP contribution in [-0.4, -0.2) is 18.3 Å². The van der Waals surface area contributed by atoms with Gasteiger partial charge in [0.15, 0.2) is 0 Å². The smallest absolute Gasteiger partial charge is 0.123 e. The molecule has 0 saturated heterocycles. The van der Waals surface area contributed by atoms with E-state index in [9.17, 15) is 5.11 Å². The Morgan fingerprint density at radius 1 is 1.05 bits per heavy atom. The van der Waals surface area contributed by atoms with Crippen molar-refractivity contribution in [2.45, 2.75) is 19.6 Å². The molecule has 0 bridgehead atoms. The highest BCUT2D eigenvalue weighted by Crippen LogP contribution is 2.18. The highest BCUT2D eigenvalue weighted by molar-refractivity contribution is 5.33. The van der Waals surface area contributed by atoms with Gasteiger partial charge in [-0.2, -0.15) is 0 Å². The van der Waals surface area contributed by atoms with Crippen molar-refractivity contribution in [3.8, 4) is 5.75 Å². The number of hydrogen-bond acceptors (Lipinski definition) is 3. The topological polar surface area (TPSA) is 41.5 Å². The van der Waals surface area contributed by atoms with Gasteiger partial charge < -0.3 is 15.2 Å². The van der Waals surface area contributed by atoms with Crippen LogP contribution in [-0.2, 0) is 6.54 Å². The van der Waals surface area contributed by atoms with E-state index in [0.717, 1.165) is 16.9 Å². The highest BCUT2D eigenvalue weighted by Gasteiger charge is 2.07. The van der Waals surface area contributed by atoms with Crippen LogP contribution < -0.4 is 10.1 Å². The molecule has 0 aliphatic rings. The Labute approximate surface area is 120 Å². The standard InChI is InChI=1S/C17H21NO2/c1-2-20-17-11-7-6-10-15(17)12-18-13-16(19)14-8-4-3-5-9-14/h3-11,16,18-19H,2,12-13H2,1H3/t16-/m1/s1. The Kier molecular flexibility index (Phi) is 5.59. The number of aliphatic hydroxyl groups excluding tert-OH is 1. The normalized spacial score (nSPS) is 12.1.